The van der Waals surface area contributed by atoms with E-state index < -0.39 is 0 Å². The molecule has 0 unspecified atom stereocenters. The topological polar surface area (TPSA) is 59.3 Å². The normalized spacial score (nSPS) is 14.4. The number of hydrogen-bond acceptors (Lipinski definition) is 5. The molecule has 1 aromatic carbocycles. The van der Waals surface area contributed by atoms with E-state index in [0.29, 0.717) is 12.3 Å². The summed E-state index contributed by atoms with van der Waals surface area (Å²) in [5.41, 5.74) is 2.64. The van der Waals surface area contributed by atoms with Crippen LogP contribution in [0.5, 0.6) is 0 Å². The molecule has 1 amide bonds. The fourth-order valence-corrected chi connectivity index (χ4v) is 5.90. The van der Waals surface area contributed by atoms with Crippen LogP contribution in [0.2, 0.25) is 0 Å². The maximum atomic E-state index is 12.5. The molecule has 0 spiro atoms. The molecule has 4 rings (SSSR count). The fourth-order valence-electron chi connectivity index (χ4n) is 3.75. The van der Waals surface area contributed by atoms with Gasteiger partial charge in [-0.2, -0.15) is 0 Å². The van der Waals surface area contributed by atoms with E-state index in [1.165, 1.54) is 44.5 Å². The summed E-state index contributed by atoms with van der Waals surface area (Å²) in [5.74, 6) is 0.423. The van der Waals surface area contributed by atoms with Crippen LogP contribution in [0.3, 0.4) is 0 Å². The minimum absolute atomic E-state index is 0.0471. The summed E-state index contributed by atoms with van der Waals surface area (Å²) in [5, 5.41) is 5.23. The first kappa shape index (κ1) is 19.4. The maximum absolute atomic E-state index is 12.5. The first-order valence-corrected chi connectivity index (χ1v) is 11.4. The number of nitrogens with one attached hydrogen (secondary N) is 2. The first-order chi connectivity index (χ1) is 13.6. The number of fused-ring (bicyclic) bond motifs is 3. The molecule has 2 heterocycles. The van der Waals surface area contributed by atoms with Crippen molar-refractivity contribution in [2.24, 2.45) is 0 Å². The van der Waals surface area contributed by atoms with Crippen LogP contribution >= 0.6 is 23.1 Å². The Labute approximate surface area is 173 Å². The Morgan fingerprint density at radius 1 is 1.25 bits per heavy atom. The second-order valence-electron chi connectivity index (χ2n) is 7.35. The highest BCUT2D eigenvalue weighted by Gasteiger charge is 2.22. The highest BCUT2D eigenvalue weighted by Crippen LogP contribution is 2.39. The average Bonchev–Trinajstić information content (AvgIpc) is 3.28. The van der Waals surface area contributed by atoms with Gasteiger partial charge in [-0.15, -0.1) is 11.3 Å². The van der Waals surface area contributed by atoms with Crippen LogP contribution in [0.1, 0.15) is 28.5 Å². The Bertz CT molecular complexity index is 971. The number of aryl methyl sites for hydroxylation is 2. The van der Waals surface area contributed by atoms with Gasteiger partial charge in [-0.1, -0.05) is 42.1 Å². The van der Waals surface area contributed by atoms with Gasteiger partial charge in [-0.3, -0.25) is 4.79 Å². The summed E-state index contributed by atoms with van der Waals surface area (Å²) in [6.45, 7) is 0.624. The van der Waals surface area contributed by atoms with E-state index >= 15 is 0 Å². The molecule has 1 aliphatic rings. The number of carbonyl (C=O) groups is 1. The van der Waals surface area contributed by atoms with Crippen LogP contribution in [-0.4, -0.2) is 42.3 Å². The third kappa shape index (κ3) is 4.06. The molecule has 5 nitrogen and oxygen atoms in total. The van der Waals surface area contributed by atoms with E-state index in [-0.39, 0.29) is 11.9 Å². The lowest BCUT2D eigenvalue weighted by molar-refractivity contribution is -0.890. The van der Waals surface area contributed by atoms with E-state index in [1.54, 1.807) is 17.7 Å². The van der Waals surface area contributed by atoms with Crippen molar-refractivity contribution in [3.05, 3.63) is 52.7 Å². The molecular weight excluding hydrogens is 388 g/mol. The van der Waals surface area contributed by atoms with Crippen molar-refractivity contribution < 1.29 is 9.69 Å². The minimum atomic E-state index is 0.0471. The van der Waals surface area contributed by atoms with Gasteiger partial charge in [0.1, 0.15) is 22.2 Å². The Hall–Kier alpha value is -1.96. The first-order valence-electron chi connectivity index (χ1n) is 9.63. The number of likely N-dealkylation sites (N-methyl/N-ethyl adjacent to an activating group) is 1. The van der Waals surface area contributed by atoms with Crippen LogP contribution in [0.4, 0.5) is 0 Å². The molecule has 7 heteroatoms. The molecule has 0 saturated heterocycles. The maximum Gasteiger partial charge on any atom is 0.230 e. The molecule has 1 atom stereocenters. The van der Waals surface area contributed by atoms with Crippen LogP contribution in [0.15, 0.2) is 41.7 Å². The van der Waals surface area contributed by atoms with Crippen molar-refractivity contribution in [1.29, 1.82) is 0 Å². The van der Waals surface area contributed by atoms with E-state index in [9.17, 15) is 4.79 Å². The number of benzene rings is 1. The lowest BCUT2D eigenvalue weighted by atomic mass is 10.1. The van der Waals surface area contributed by atoms with Crippen molar-refractivity contribution >= 4 is 39.2 Å². The summed E-state index contributed by atoms with van der Waals surface area (Å²) in [6, 6.07) is 10.6. The van der Waals surface area contributed by atoms with E-state index in [2.05, 4.69) is 41.5 Å². The van der Waals surface area contributed by atoms with E-state index in [4.69, 9.17) is 0 Å². The van der Waals surface area contributed by atoms with Gasteiger partial charge < -0.3 is 10.2 Å². The minimum Gasteiger partial charge on any atom is -0.349 e. The van der Waals surface area contributed by atoms with Crippen molar-refractivity contribution in [3.63, 3.8) is 0 Å². The van der Waals surface area contributed by atoms with Gasteiger partial charge in [0.25, 0.3) is 0 Å². The highest BCUT2D eigenvalue weighted by atomic mass is 32.2. The Morgan fingerprint density at radius 3 is 2.86 bits per heavy atom. The molecular formula is C21H25N4OS2+. The molecule has 1 aliphatic carbocycles. The van der Waals surface area contributed by atoms with Crippen LogP contribution < -0.4 is 10.2 Å². The lowest BCUT2D eigenvalue weighted by Gasteiger charge is -2.22. The molecule has 146 valence electrons. The molecule has 3 aromatic rings. The van der Waals surface area contributed by atoms with Crippen LogP contribution in [-0.2, 0) is 17.6 Å². The SMILES string of the molecule is C[NH+](C)[C@@H](CNC(=O)CSc1ncnc2sc3c(c12)CCC3)c1ccccc1. The van der Waals surface area contributed by atoms with E-state index in [0.717, 1.165) is 22.7 Å². The van der Waals surface area contributed by atoms with Crippen molar-refractivity contribution in [2.45, 2.75) is 30.3 Å². The van der Waals surface area contributed by atoms with Gasteiger partial charge in [0, 0.05) is 15.8 Å². The molecule has 0 bridgehead atoms. The zero-order chi connectivity index (χ0) is 19.5. The van der Waals surface area contributed by atoms with Crippen molar-refractivity contribution in [2.75, 3.05) is 26.4 Å². The number of hydrogen-bond donors (Lipinski definition) is 2. The number of aromatic nitrogens is 2. The Kier molecular flexibility index (Phi) is 5.94. The molecule has 28 heavy (non-hydrogen) atoms. The Balaban J connectivity index is 1.39. The second-order valence-corrected chi connectivity index (χ2v) is 9.40. The third-order valence-electron chi connectivity index (χ3n) is 5.21. The van der Waals surface area contributed by atoms with Gasteiger partial charge in [0.05, 0.1) is 26.4 Å². The summed E-state index contributed by atoms with van der Waals surface area (Å²) in [4.78, 5) is 25.2. The number of nitrogens with zero attached hydrogens (tertiary/aromatic N) is 2. The monoisotopic (exact) mass is 413 g/mol. The largest absolute Gasteiger partial charge is 0.349 e. The number of thioether (sulfide) groups is 1. The molecule has 2 aromatic heterocycles. The fraction of sp³-hybridized carbons (Fsp3) is 0.381. The van der Waals surface area contributed by atoms with Crippen LogP contribution in [0, 0.1) is 0 Å². The highest BCUT2D eigenvalue weighted by molar-refractivity contribution is 8.00. The average molecular weight is 414 g/mol. The van der Waals surface area contributed by atoms with Crippen molar-refractivity contribution in [1.82, 2.24) is 15.3 Å². The number of quaternary nitrogens is 1. The van der Waals surface area contributed by atoms with Crippen molar-refractivity contribution in [3.8, 4) is 0 Å². The zero-order valence-electron chi connectivity index (χ0n) is 16.2. The number of amides is 1. The predicted molar refractivity (Wildman–Crippen MR) is 115 cm³/mol. The predicted octanol–water partition coefficient (Wildman–Crippen LogP) is 2.27. The molecule has 2 N–H and O–H groups in total. The number of carbonyl (C=O) groups excluding carboxylic acids is 1. The summed E-state index contributed by atoms with van der Waals surface area (Å²) in [7, 11) is 4.24. The van der Waals surface area contributed by atoms with Gasteiger partial charge >= 0.3 is 0 Å². The molecule has 0 aliphatic heterocycles. The third-order valence-corrected chi connectivity index (χ3v) is 7.40. The molecule has 0 radical (unpaired) electrons. The summed E-state index contributed by atoms with van der Waals surface area (Å²) in [6.07, 6.45) is 5.08. The van der Waals surface area contributed by atoms with Gasteiger partial charge in [-0.25, -0.2) is 9.97 Å². The summed E-state index contributed by atoms with van der Waals surface area (Å²) >= 11 is 3.30. The summed E-state index contributed by atoms with van der Waals surface area (Å²) < 4.78 is 0. The number of rotatable bonds is 7. The van der Waals surface area contributed by atoms with Gasteiger partial charge in [0.2, 0.25) is 5.91 Å². The lowest BCUT2D eigenvalue weighted by Crippen LogP contribution is -3.07. The molecule has 0 saturated carbocycles. The number of thiophene rings is 1. The van der Waals surface area contributed by atoms with Gasteiger partial charge in [-0.05, 0) is 24.8 Å². The quantitative estimate of drug-likeness (QED) is 0.461. The van der Waals surface area contributed by atoms with E-state index in [1.807, 2.05) is 18.2 Å². The Morgan fingerprint density at radius 2 is 2.07 bits per heavy atom. The standard InChI is InChI=1S/C21H24N4OS2/c1-25(2)16(14-7-4-3-5-8-14)11-22-18(26)12-27-20-19-15-9-6-10-17(15)28-21(19)24-13-23-20/h3-5,7-8,13,16H,6,9-12H2,1-2H3,(H,22,26)/p+1/t16-/m0/s1. The zero-order valence-corrected chi connectivity index (χ0v) is 17.8. The van der Waals surface area contributed by atoms with Crippen LogP contribution in [0.25, 0.3) is 10.2 Å². The molecule has 0 fully saturated rings. The smallest absolute Gasteiger partial charge is 0.230 e. The van der Waals surface area contributed by atoms with Gasteiger partial charge in [0.15, 0.2) is 0 Å². The second kappa shape index (κ2) is 8.59.